The molecule has 0 aliphatic carbocycles. The number of benzene rings is 1. The molecule has 2 rings (SSSR count). The number of nitro benzene ring substituents is 1. The van der Waals surface area contributed by atoms with E-state index in [4.69, 9.17) is 11.6 Å². The predicted octanol–water partition coefficient (Wildman–Crippen LogP) is 1.94. The molecule has 0 atom stereocenters. The molecule has 0 bridgehead atoms. The first kappa shape index (κ1) is 10.4. The number of hydrogen-bond donors (Lipinski definition) is 1. The highest BCUT2D eigenvalue weighted by molar-refractivity contribution is 6.32. The minimum absolute atomic E-state index is 0.0114. The van der Waals surface area contributed by atoms with Gasteiger partial charge in [-0.1, -0.05) is 11.6 Å². The van der Waals surface area contributed by atoms with Crippen molar-refractivity contribution in [3.05, 3.63) is 38.4 Å². The number of hydrogen-bond acceptors (Lipinski definition) is 3. The Morgan fingerprint density at radius 3 is 2.47 bits per heavy atom. The molecule has 80 valence electrons. The molecule has 1 aliphatic rings. The molecule has 5 heteroatoms. The fraction of sp³-hybridized carbons (Fsp3) is 0.400. The maximum atomic E-state index is 10.7. The van der Waals surface area contributed by atoms with Crippen molar-refractivity contribution < 1.29 is 4.92 Å². The zero-order valence-electron chi connectivity index (χ0n) is 8.12. The zero-order valence-corrected chi connectivity index (χ0v) is 8.88. The average molecular weight is 227 g/mol. The van der Waals surface area contributed by atoms with E-state index in [9.17, 15) is 10.1 Å². The average Bonchev–Trinajstić information content (AvgIpc) is 2.40. The highest BCUT2D eigenvalue weighted by atomic mass is 35.5. The van der Waals surface area contributed by atoms with Crippen molar-refractivity contribution in [3.63, 3.8) is 0 Å². The van der Waals surface area contributed by atoms with E-state index in [0.29, 0.717) is 0 Å². The second kappa shape index (κ2) is 4.16. The lowest BCUT2D eigenvalue weighted by Crippen LogP contribution is -2.16. The summed E-state index contributed by atoms with van der Waals surface area (Å²) in [5.41, 5.74) is 2.17. The van der Waals surface area contributed by atoms with E-state index in [1.165, 1.54) is 0 Å². The lowest BCUT2D eigenvalue weighted by molar-refractivity contribution is -0.384. The Balaban J connectivity index is 2.47. The van der Waals surface area contributed by atoms with Crippen LogP contribution in [0.4, 0.5) is 5.69 Å². The Bertz CT molecular complexity index is 407. The van der Waals surface area contributed by atoms with Crippen LogP contribution in [0.3, 0.4) is 0 Å². The Morgan fingerprint density at radius 2 is 1.87 bits per heavy atom. The van der Waals surface area contributed by atoms with Crippen molar-refractivity contribution in [2.45, 2.75) is 12.8 Å². The van der Waals surface area contributed by atoms with Gasteiger partial charge in [-0.3, -0.25) is 10.1 Å². The summed E-state index contributed by atoms with van der Waals surface area (Å²) < 4.78 is 0. The highest BCUT2D eigenvalue weighted by Crippen LogP contribution is 2.29. The van der Waals surface area contributed by atoms with Crippen molar-refractivity contribution in [2.24, 2.45) is 0 Å². The smallest absolute Gasteiger partial charge is 0.288 e. The highest BCUT2D eigenvalue weighted by Gasteiger charge is 2.17. The maximum Gasteiger partial charge on any atom is 0.288 e. The lowest BCUT2D eigenvalue weighted by Gasteiger charge is -2.05. The van der Waals surface area contributed by atoms with E-state index in [1.807, 2.05) is 0 Å². The molecule has 0 spiro atoms. The standard InChI is InChI=1S/C10H11ClN2O2/c11-9-5-7-1-3-12-4-2-8(7)6-10(9)13(14)15/h5-6,12H,1-4H2. The number of halogens is 1. The normalized spacial score (nSPS) is 15.5. The molecule has 4 nitrogen and oxygen atoms in total. The van der Waals surface area contributed by atoms with E-state index in [1.54, 1.807) is 12.1 Å². The van der Waals surface area contributed by atoms with Crippen molar-refractivity contribution in [1.82, 2.24) is 5.32 Å². The van der Waals surface area contributed by atoms with Crippen LogP contribution in [0.2, 0.25) is 5.02 Å². The van der Waals surface area contributed by atoms with Crippen LogP contribution in [0.25, 0.3) is 0 Å². The molecule has 1 heterocycles. The Kier molecular flexibility index (Phi) is 2.88. The summed E-state index contributed by atoms with van der Waals surface area (Å²) in [7, 11) is 0. The number of nitro groups is 1. The molecule has 1 aromatic rings. The van der Waals surface area contributed by atoms with Crippen LogP contribution in [0.15, 0.2) is 12.1 Å². The molecule has 0 amide bonds. The maximum absolute atomic E-state index is 10.7. The van der Waals surface area contributed by atoms with Crippen LogP contribution in [-0.2, 0) is 12.8 Å². The molecule has 1 N–H and O–H groups in total. The summed E-state index contributed by atoms with van der Waals surface area (Å²) in [5.74, 6) is 0. The third-order valence-electron chi connectivity index (χ3n) is 2.61. The summed E-state index contributed by atoms with van der Waals surface area (Å²) in [4.78, 5) is 10.3. The second-order valence-electron chi connectivity index (χ2n) is 3.58. The SMILES string of the molecule is O=[N+]([O-])c1cc2c(cc1Cl)CCNCC2. The van der Waals surface area contributed by atoms with Crippen molar-refractivity contribution in [2.75, 3.05) is 13.1 Å². The monoisotopic (exact) mass is 226 g/mol. The molecule has 15 heavy (non-hydrogen) atoms. The summed E-state index contributed by atoms with van der Waals surface area (Å²) >= 11 is 5.85. The van der Waals surface area contributed by atoms with Gasteiger partial charge in [0.05, 0.1) is 4.92 Å². The summed E-state index contributed by atoms with van der Waals surface area (Å²) in [6, 6.07) is 3.33. The van der Waals surface area contributed by atoms with Gasteiger partial charge < -0.3 is 5.32 Å². The molecular weight excluding hydrogens is 216 g/mol. The van der Waals surface area contributed by atoms with Gasteiger partial charge in [0, 0.05) is 6.07 Å². The van der Waals surface area contributed by atoms with Gasteiger partial charge >= 0.3 is 0 Å². The van der Waals surface area contributed by atoms with Crippen molar-refractivity contribution >= 4 is 17.3 Å². The van der Waals surface area contributed by atoms with E-state index >= 15 is 0 Å². The molecule has 1 aromatic carbocycles. The molecule has 0 radical (unpaired) electrons. The van der Waals surface area contributed by atoms with Gasteiger partial charge in [-0.2, -0.15) is 0 Å². The van der Waals surface area contributed by atoms with E-state index < -0.39 is 4.92 Å². The first-order valence-corrected chi connectivity index (χ1v) is 5.22. The van der Waals surface area contributed by atoms with E-state index in [0.717, 1.165) is 37.1 Å². The largest absolute Gasteiger partial charge is 0.316 e. The fourth-order valence-corrected chi connectivity index (χ4v) is 2.08. The van der Waals surface area contributed by atoms with Crippen LogP contribution in [-0.4, -0.2) is 18.0 Å². The van der Waals surface area contributed by atoms with Gasteiger partial charge in [0.15, 0.2) is 0 Å². The molecular formula is C10H11ClN2O2. The molecule has 0 fully saturated rings. The van der Waals surface area contributed by atoms with Crippen molar-refractivity contribution in [3.8, 4) is 0 Å². The summed E-state index contributed by atoms with van der Waals surface area (Å²) in [5, 5.41) is 14.2. The summed E-state index contributed by atoms with van der Waals surface area (Å²) in [6.07, 6.45) is 1.71. The summed E-state index contributed by atoms with van der Waals surface area (Å²) in [6.45, 7) is 1.77. The third kappa shape index (κ3) is 2.11. The molecule has 1 aliphatic heterocycles. The van der Waals surface area contributed by atoms with Crippen LogP contribution in [0.1, 0.15) is 11.1 Å². The Hall–Kier alpha value is -1.13. The second-order valence-corrected chi connectivity index (χ2v) is 3.99. The lowest BCUT2D eigenvalue weighted by atomic mass is 10.0. The van der Waals surface area contributed by atoms with E-state index in [2.05, 4.69) is 5.32 Å². The van der Waals surface area contributed by atoms with Crippen LogP contribution < -0.4 is 5.32 Å². The Labute approximate surface area is 92.4 Å². The first-order chi connectivity index (χ1) is 7.18. The number of nitrogens with one attached hydrogen (secondary N) is 1. The van der Waals surface area contributed by atoms with Crippen LogP contribution >= 0.6 is 11.6 Å². The first-order valence-electron chi connectivity index (χ1n) is 4.85. The third-order valence-corrected chi connectivity index (χ3v) is 2.91. The number of fused-ring (bicyclic) bond motifs is 1. The molecule has 0 saturated heterocycles. The van der Waals surface area contributed by atoms with Gasteiger partial charge in [-0.25, -0.2) is 0 Å². The molecule has 0 unspecified atom stereocenters. The van der Waals surface area contributed by atoms with Crippen LogP contribution in [0.5, 0.6) is 0 Å². The fourth-order valence-electron chi connectivity index (χ4n) is 1.82. The van der Waals surface area contributed by atoms with Gasteiger partial charge in [0.1, 0.15) is 5.02 Å². The molecule has 0 aromatic heterocycles. The Morgan fingerprint density at radius 1 is 1.27 bits per heavy atom. The topological polar surface area (TPSA) is 55.2 Å². The number of rotatable bonds is 1. The predicted molar refractivity (Wildman–Crippen MR) is 58.4 cm³/mol. The zero-order chi connectivity index (χ0) is 10.8. The minimum Gasteiger partial charge on any atom is -0.316 e. The van der Waals surface area contributed by atoms with Gasteiger partial charge in [-0.05, 0) is 43.1 Å². The van der Waals surface area contributed by atoms with Crippen LogP contribution in [0, 0.1) is 10.1 Å². The van der Waals surface area contributed by atoms with Crippen molar-refractivity contribution in [1.29, 1.82) is 0 Å². The number of nitrogens with zero attached hydrogens (tertiary/aromatic N) is 1. The molecule has 0 saturated carbocycles. The quantitative estimate of drug-likeness (QED) is 0.588. The van der Waals surface area contributed by atoms with Gasteiger partial charge in [-0.15, -0.1) is 0 Å². The minimum atomic E-state index is -0.430. The van der Waals surface area contributed by atoms with Gasteiger partial charge in [0.25, 0.3) is 5.69 Å². The van der Waals surface area contributed by atoms with Gasteiger partial charge in [0.2, 0.25) is 0 Å². The van der Waals surface area contributed by atoms with E-state index in [-0.39, 0.29) is 10.7 Å².